The van der Waals surface area contributed by atoms with Crippen LogP contribution in [0.4, 0.5) is 0 Å². The molecule has 1 aliphatic rings. The predicted molar refractivity (Wildman–Crippen MR) is 90.7 cm³/mol. The molecule has 1 aliphatic heterocycles. The van der Waals surface area contributed by atoms with Gasteiger partial charge in [0.15, 0.2) is 11.5 Å². The summed E-state index contributed by atoms with van der Waals surface area (Å²) in [4.78, 5) is 17.2. The fourth-order valence-electron chi connectivity index (χ4n) is 2.44. The molecule has 0 saturated heterocycles. The zero-order valence-corrected chi connectivity index (χ0v) is 14.9. The molecule has 0 fully saturated rings. The van der Waals surface area contributed by atoms with E-state index in [0.29, 0.717) is 30.8 Å². The van der Waals surface area contributed by atoms with Gasteiger partial charge in [0.25, 0.3) is 0 Å². The maximum Gasteiger partial charge on any atom is 0.306 e. The molecule has 0 saturated carbocycles. The minimum absolute atomic E-state index is 0.111. The lowest BCUT2D eigenvalue weighted by molar-refractivity contribution is -0.155. The summed E-state index contributed by atoms with van der Waals surface area (Å²) in [5, 5.41) is 4.14. The van der Waals surface area contributed by atoms with Crippen molar-refractivity contribution in [2.75, 3.05) is 14.2 Å². The topological polar surface area (TPSA) is 66.4 Å². The van der Waals surface area contributed by atoms with E-state index in [4.69, 9.17) is 19.0 Å². The normalized spacial score (nSPS) is 17.0. The number of carbonyl (C=O) groups excluding carboxylic acids is 1. The third kappa shape index (κ3) is 4.88. The second-order valence-corrected chi connectivity index (χ2v) is 6.66. The summed E-state index contributed by atoms with van der Waals surface area (Å²) in [5.41, 5.74) is 1.30. The van der Waals surface area contributed by atoms with E-state index in [1.54, 1.807) is 14.2 Å². The Kier molecular flexibility index (Phi) is 5.70. The van der Waals surface area contributed by atoms with Crippen LogP contribution in [0.1, 0.15) is 45.6 Å². The number of benzene rings is 1. The van der Waals surface area contributed by atoms with Crippen LogP contribution in [0.2, 0.25) is 0 Å². The Morgan fingerprint density at radius 3 is 2.58 bits per heavy atom. The van der Waals surface area contributed by atoms with Gasteiger partial charge in [-0.2, -0.15) is 0 Å². The Labute approximate surface area is 142 Å². The molecule has 6 nitrogen and oxygen atoms in total. The number of hydrogen-bond donors (Lipinski definition) is 0. The molecule has 132 valence electrons. The average molecular weight is 335 g/mol. The maximum absolute atomic E-state index is 11.8. The standard InChI is InChI=1S/C18H25NO5/c1-18(2,3)23-17(20)9-7-13-11-14(19-24-13)12-6-8-15(21-4)16(10-12)22-5/h6,8,10,13H,7,9,11H2,1-5H3/t13-/m0/s1. The minimum Gasteiger partial charge on any atom is -0.493 e. The number of methoxy groups -OCH3 is 2. The van der Waals surface area contributed by atoms with Crippen molar-refractivity contribution in [3.8, 4) is 11.5 Å². The average Bonchev–Trinajstić information content (AvgIpc) is 2.99. The maximum atomic E-state index is 11.8. The number of esters is 1. The molecule has 0 N–H and O–H groups in total. The molecule has 6 heteroatoms. The molecular weight excluding hydrogens is 310 g/mol. The monoisotopic (exact) mass is 335 g/mol. The van der Waals surface area contributed by atoms with Gasteiger partial charge in [0.2, 0.25) is 0 Å². The molecule has 24 heavy (non-hydrogen) atoms. The number of rotatable bonds is 6. The molecule has 2 rings (SSSR count). The lowest BCUT2D eigenvalue weighted by Gasteiger charge is -2.19. The van der Waals surface area contributed by atoms with Gasteiger partial charge in [0.1, 0.15) is 11.7 Å². The van der Waals surface area contributed by atoms with E-state index in [1.807, 2.05) is 39.0 Å². The van der Waals surface area contributed by atoms with Gasteiger partial charge in [-0.25, -0.2) is 0 Å². The summed E-state index contributed by atoms with van der Waals surface area (Å²) in [6.07, 6.45) is 1.44. The highest BCUT2D eigenvalue weighted by molar-refractivity contribution is 6.01. The Bertz CT molecular complexity index is 618. The van der Waals surface area contributed by atoms with Crippen molar-refractivity contribution in [2.24, 2.45) is 5.16 Å². The smallest absolute Gasteiger partial charge is 0.306 e. The Balaban J connectivity index is 1.90. The fraction of sp³-hybridized carbons (Fsp3) is 0.556. The molecule has 1 heterocycles. The van der Waals surface area contributed by atoms with Crippen molar-refractivity contribution in [1.82, 2.24) is 0 Å². The lowest BCUT2D eigenvalue weighted by Crippen LogP contribution is -2.24. The Morgan fingerprint density at radius 2 is 1.96 bits per heavy atom. The van der Waals surface area contributed by atoms with Gasteiger partial charge < -0.3 is 19.0 Å². The lowest BCUT2D eigenvalue weighted by atomic mass is 10.0. The van der Waals surface area contributed by atoms with Crippen LogP contribution in [0, 0.1) is 0 Å². The summed E-state index contributed by atoms with van der Waals surface area (Å²) in [7, 11) is 3.19. The first-order chi connectivity index (χ1) is 11.3. The molecule has 1 aromatic carbocycles. The molecule has 0 radical (unpaired) electrons. The zero-order chi connectivity index (χ0) is 17.7. The highest BCUT2D eigenvalue weighted by atomic mass is 16.6. The number of oxime groups is 1. The number of nitrogens with zero attached hydrogens (tertiary/aromatic N) is 1. The predicted octanol–water partition coefficient (Wildman–Crippen LogP) is 3.32. The highest BCUT2D eigenvalue weighted by Gasteiger charge is 2.25. The SMILES string of the molecule is COc1ccc(C2=NO[C@@H](CCC(=O)OC(C)(C)C)C2)cc1OC. The van der Waals surface area contributed by atoms with Crippen LogP contribution in [-0.2, 0) is 14.4 Å². The van der Waals surface area contributed by atoms with E-state index in [9.17, 15) is 4.79 Å². The summed E-state index contributed by atoms with van der Waals surface area (Å²) in [5.74, 6) is 1.10. The van der Waals surface area contributed by atoms with Gasteiger partial charge in [-0.15, -0.1) is 0 Å². The molecule has 0 amide bonds. The first-order valence-electron chi connectivity index (χ1n) is 7.99. The van der Waals surface area contributed by atoms with E-state index in [2.05, 4.69) is 5.16 Å². The summed E-state index contributed by atoms with van der Waals surface area (Å²) < 4.78 is 15.8. The molecule has 1 atom stereocenters. The van der Waals surface area contributed by atoms with Crippen LogP contribution in [0.25, 0.3) is 0 Å². The third-order valence-corrected chi connectivity index (χ3v) is 3.54. The van der Waals surface area contributed by atoms with Gasteiger partial charge in [-0.3, -0.25) is 4.79 Å². The highest BCUT2D eigenvalue weighted by Crippen LogP contribution is 2.30. The van der Waals surface area contributed by atoms with Gasteiger partial charge >= 0.3 is 5.97 Å². The molecular formula is C18H25NO5. The molecule has 0 aromatic heterocycles. The van der Waals surface area contributed by atoms with Crippen molar-refractivity contribution >= 4 is 11.7 Å². The minimum atomic E-state index is -0.463. The quantitative estimate of drug-likeness (QED) is 0.746. The fourth-order valence-corrected chi connectivity index (χ4v) is 2.44. The van der Waals surface area contributed by atoms with E-state index in [-0.39, 0.29) is 12.1 Å². The van der Waals surface area contributed by atoms with E-state index in [0.717, 1.165) is 11.3 Å². The van der Waals surface area contributed by atoms with Crippen LogP contribution in [-0.4, -0.2) is 37.6 Å². The first-order valence-corrected chi connectivity index (χ1v) is 7.99. The third-order valence-electron chi connectivity index (χ3n) is 3.54. The first kappa shape index (κ1) is 18.1. The number of hydrogen-bond acceptors (Lipinski definition) is 6. The second kappa shape index (κ2) is 7.55. The van der Waals surface area contributed by atoms with Gasteiger partial charge in [0.05, 0.1) is 19.9 Å². The van der Waals surface area contributed by atoms with Crippen molar-refractivity contribution in [3.63, 3.8) is 0 Å². The molecule has 0 spiro atoms. The van der Waals surface area contributed by atoms with Crippen molar-refractivity contribution in [3.05, 3.63) is 23.8 Å². The van der Waals surface area contributed by atoms with Crippen LogP contribution in [0.3, 0.4) is 0 Å². The van der Waals surface area contributed by atoms with Crippen LogP contribution < -0.4 is 9.47 Å². The second-order valence-electron chi connectivity index (χ2n) is 6.66. The van der Waals surface area contributed by atoms with Gasteiger partial charge in [0, 0.05) is 18.4 Å². The summed E-state index contributed by atoms with van der Waals surface area (Å²) >= 11 is 0. The molecule has 1 aromatic rings. The molecule has 0 unspecified atom stereocenters. The van der Waals surface area contributed by atoms with Crippen molar-refractivity contribution < 1.29 is 23.8 Å². The van der Waals surface area contributed by atoms with Crippen LogP contribution in [0.5, 0.6) is 11.5 Å². The molecule has 0 aliphatic carbocycles. The van der Waals surface area contributed by atoms with Crippen molar-refractivity contribution in [1.29, 1.82) is 0 Å². The Hall–Kier alpha value is -2.24. The molecule has 0 bridgehead atoms. The number of carbonyl (C=O) groups is 1. The summed E-state index contributed by atoms with van der Waals surface area (Å²) in [6, 6.07) is 5.63. The largest absolute Gasteiger partial charge is 0.493 e. The summed E-state index contributed by atoms with van der Waals surface area (Å²) in [6.45, 7) is 5.57. The van der Waals surface area contributed by atoms with E-state index in [1.165, 1.54) is 0 Å². The van der Waals surface area contributed by atoms with Crippen molar-refractivity contribution in [2.45, 2.75) is 51.7 Å². The Morgan fingerprint density at radius 1 is 1.25 bits per heavy atom. The van der Waals surface area contributed by atoms with Gasteiger partial charge in [-0.1, -0.05) is 5.16 Å². The van der Waals surface area contributed by atoms with Crippen LogP contribution >= 0.6 is 0 Å². The van der Waals surface area contributed by atoms with Crippen LogP contribution in [0.15, 0.2) is 23.4 Å². The zero-order valence-electron chi connectivity index (χ0n) is 14.9. The van der Waals surface area contributed by atoms with E-state index < -0.39 is 5.60 Å². The van der Waals surface area contributed by atoms with Gasteiger partial charge in [-0.05, 0) is 45.4 Å². The number of ether oxygens (including phenoxy) is 3. The van der Waals surface area contributed by atoms with E-state index >= 15 is 0 Å².